The van der Waals surface area contributed by atoms with E-state index in [-0.39, 0.29) is 0 Å². The largest absolute Gasteiger partial charge is 0.550 e. The normalized spacial score (nSPS) is 9.33. The highest BCUT2D eigenvalue weighted by Gasteiger charge is 2.06. The van der Waals surface area contributed by atoms with Crippen molar-refractivity contribution < 1.29 is 14.5 Å². The van der Waals surface area contributed by atoms with Gasteiger partial charge < -0.3 is 9.90 Å². The third kappa shape index (κ3) is 5.88. The fraction of sp³-hybridized carbons (Fsp3) is 0.636. The molecule has 1 aromatic heterocycles. The van der Waals surface area contributed by atoms with E-state index in [0.717, 1.165) is 13.5 Å². The van der Waals surface area contributed by atoms with Gasteiger partial charge in [-0.15, -0.1) is 0 Å². The van der Waals surface area contributed by atoms with Crippen molar-refractivity contribution in [3.63, 3.8) is 0 Å². The second-order valence-corrected chi connectivity index (χ2v) is 3.49. The van der Waals surface area contributed by atoms with Crippen LogP contribution in [0.25, 0.3) is 0 Å². The summed E-state index contributed by atoms with van der Waals surface area (Å²) in [5.41, 5.74) is 0. The summed E-state index contributed by atoms with van der Waals surface area (Å²) < 4.78 is 4.44. The molecule has 86 valence electrons. The fourth-order valence-corrected chi connectivity index (χ4v) is 1.16. The van der Waals surface area contributed by atoms with Crippen molar-refractivity contribution in [1.82, 2.24) is 4.57 Å². The molecule has 0 amide bonds. The first-order valence-electron chi connectivity index (χ1n) is 5.18. The van der Waals surface area contributed by atoms with Crippen LogP contribution in [0.15, 0.2) is 12.4 Å². The monoisotopic (exact) mass is 212 g/mol. The van der Waals surface area contributed by atoms with E-state index >= 15 is 0 Å². The standard InChI is InChI=1S/C9H17N2.C2H4O2/c1-4-5-6-11-8-7-10(3)9(11)2;1-2(3)4/h7-8H,4-6H2,1-3H3;1H3,(H,3,4)/q+1;/p-1. The van der Waals surface area contributed by atoms with Gasteiger partial charge >= 0.3 is 0 Å². The van der Waals surface area contributed by atoms with Crippen molar-refractivity contribution >= 4 is 5.97 Å². The molecule has 0 aliphatic heterocycles. The van der Waals surface area contributed by atoms with Crippen molar-refractivity contribution in [2.45, 2.75) is 40.2 Å². The van der Waals surface area contributed by atoms with E-state index in [1.165, 1.54) is 18.7 Å². The first-order valence-corrected chi connectivity index (χ1v) is 5.18. The van der Waals surface area contributed by atoms with Gasteiger partial charge in [-0.25, -0.2) is 9.13 Å². The lowest BCUT2D eigenvalue weighted by molar-refractivity contribution is -0.702. The quantitative estimate of drug-likeness (QED) is 0.671. The van der Waals surface area contributed by atoms with Crippen LogP contribution in [0.1, 0.15) is 32.5 Å². The fourth-order valence-electron chi connectivity index (χ4n) is 1.16. The van der Waals surface area contributed by atoms with Gasteiger partial charge in [0.15, 0.2) is 0 Å². The Labute approximate surface area is 91.2 Å². The van der Waals surface area contributed by atoms with Gasteiger partial charge in [-0.1, -0.05) is 13.3 Å². The lowest BCUT2D eigenvalue weighted by Gasteiger charge is -1.95. The van der Waals surface area contributed by atoms with Crippen LogP contribution in [0.2, 0.25) is 0 Å². The van der Waals surface area contributed by atoms with Crippen LogP contribution in [-0.2, 0) is 18.4 Å². The van der Waals surface area contributed by atoms with E-state index in [1.807, 2.05) is 0 Å². The van der Waals surface area contributed by atoms with Crippen LogP contribution in [-0.4, -0.2) is 10.5 Å². The number of nitrogens with zero attached hydrogens (tertiary/aromatic N) is 2. The Bertz CT molecular complexity index is 302. The molecular weight excluding hydrogens is 192 g/mol. The van der Waals surface area contributed by atoms with Crippen molar-refractivity contribution in [1.29, 1.82) is 0 Å². The van der Waals surface area contributed by atoms with Crippen LogP contribution in [0.3, 0.4) is 0 Å². The summed E-state index contributed by atoms with van der Waals surface area (Å²) in [6.07, 6.45) is 6.78. The molecule has 0 unspecified atom stereocenters. The molecule has 15 heavy (non-hydrogen) atoms. The average molecular weight is 212 g/mol. The molecule has 0 atom stereocenters. The highest BCUT2D eigenvalue weighted by Crippen LogP contribution is 1.91. The minimum atomic E-state index is -1.08. The number of carboxylic acids is 1. The van der Waals surface area contributed by atoms with Crippen LogP contribution in [0.5, 0.6) is 0 Å². The van der Waals surface area contributed by atoms with E-state index < -0.39 is 5.97 Å². The van der Waals surface area contributed by atoms with E-state index in [2.05, 4.69) is 42.4 Å². The number of unbranched alkanes of at least 4 members (excludes halogenated alkanes) is 1. The second kappa shape index (κ2) is 7.04. The Kier molecular flexibility index (Phi) is 6.42. The Morgan fingerprint density at radius 1 is 1.60 bits per heavy atom. The first kappa shape index (κ1) is 13.7. The highest BCUT2D eigenvalue weighted by atomic mass is 16.4. The predicted octanol–water partition coefficient (Wildman–Crippen LogP) is 0.177. The Morgan fingerprint density at radius 2 is 2.13 bits per heavy atom. The van der Waals surface area contributed by atoms with Crippen LogP contribution >= 0.6 is 0 Å². The van der Waals surface area contributed by atoms with Gasteiger partial charge in [-0.3, -0.25) is 0 Å². The number of aromatic nitrogens is 2. The van der Waals surface area contributed by atoms with Crippen molar-refractivity contribution in [2.24, 2.45) is 7.05 Å². The molecule has 0 saturated carbocycles. The number of aliphatic carboxylic acids is 1. The molecule has 4 nitrogen and oxygen atoms in total. The summed E-state index contributed by atoms with van der Waals surface area (Å²) in [5.74, 6) is 0.249. The molecule has 1 rings (SSSR count). The van der Waals surface area contributed by atoms with Crippen molar-refractivity contribution in [3.8, 4) is 0 Å². The smallest absolute Gasteiger partial charge is 0.253 e. The zero-order valence-electron chi connectivity index (χ0n) is 9.99. The molecule has 0 bridgehead atoms. The predicted molar refractivity (Wildman–Crippen MR) is 55.9 cm³/mol. The molecule has 0 radical (unpaired) electrons. The molecule has 4 heteroatoms. The number of aryl methyl sites for hydroxylation is 2. The van der Waals surface area contributed by atoms with E-state index in [1.54, 1.807) is 0 Å². The Hall–Kier alpha value is -1.32. The maximum atomic E-state index is 8.89. The van der Waals surface area contributed by atoms with Crippen molar-refractivity contribution in [2.75, 3.05) is 0 Å². The number of carboxylic acid groups (broad SMARTS) is 1. The number of hydrogen-bond donors (Lipinski definition) is 0. The van der Waals surface area contributed by atoms with Gasteiger partial charge in [0.1, 0.15) is 12.4 Å². The number of rotatable bonds is 3. The molecule has 1 aromatic rings. The molecule has 0 fully saturated rings. The zero-order chi connectivity index (χ0) is 11.8. The Balaban J connectivity index is 0.000000423. The van der Waals surface area contributed by atoms with Crippen LogP contribution < -0.4 is 9.67 Å². The third-order valence-corrected chi connectivity index (χ3v) is 2.15. The summed E-state index contributed by atoms with van der Waals surface area (Å²) in [4.78, 5) is 8.89. The van der Waals surface area contributed by atoms with Crippen LogP contribution in [0, 0.1) is 6.92 Å². The van der Waals surface area contributed by atoms with Crippen molar-refractivity contribution in [3.05, 3.63) is 18.2 Å². The first-order chi connectivity index (χ1) is 6.99. The van der Waals surface area contributed by atoms with Gasteiger partial charge in [0.25, 0.3) is 5.82 Å². The SMILES string of the molecule is CC(=O)[O-].CCCC[n+]1ccn(C)c1C. The molecular formula is C11H20N2O2. The minimum Gasteiger partial charge on any atom is -0.550 e. The number of carbonyl (C=O) groups excluding carboxylic acids is 1. The Morgan fingerprint density at radius 3 is 2.47 bits per heavy atom. The lowest BCUT2D eigenvalue weighted by atomic mass is 10.3. The molecule has 0 spiro atoms. The summed E-state index contributed by atoms with van der Waals surface area (Å²) >= 11 is 0. The maximum absolute atomic E-state index is 8.89. The van der Waals surface area contributed by atoms with E-state index in [9.17, 15) is 0 Å². The maximum Gasteiger partial charge on any atom is 0.253 e. The molecule has 0 aromatic carbocycles. The number of imidazole rings is 1. The van der Waals surface area contributed by atoms with Gasteiger partial charge in [0.05, 0.1) is 13.6 Å². The molecule has 0 saturated heterocycles. The summed E-state index contributed by atoms with van der Waals surface area (Å²) in [6, 6.07) is 0. The highest BCUT2D eigenvalue weighted by molar-refractivity contribution is 5.60. The lowest BCUT2D eigenvalue weighted by Crippen LogP contribution is -2.35. The molecule has 0 aliphatic carbocycles. The van der Waals surface area contributed by atoms with Gasteiger partial charge in [0.2, 0.25) is 0 Å². The summed E-state index contributed by atoms with van der Waals surface area (Å²) in [7, 11) is 2.08. The third-order valence-electron chi connectivity index (χ3n) is 2.15. The summed E-state index contributed by atoms with van der Waals surface area (Å²) in [6.45, 7) is 6.50. The summed E-state index contributed by atoms with van der Waals surface area (Å²) in [5, 5.41) is 8.89. The van der Waals surface area contributed by atoms with Crippen LogP contribution in [0.4, 0.5) is 0 Å². The van der Waals surface area contributed by atoms with E-state index in [4.69, 9.17) is 9.90 Å². The minimum absolute atomic E-state index is 0.972. The second-order valence-electron chi connectivity index (χ2n) is 3.49. The molecule has 1 heterocycles. The van der Waals surface area contributed by atoms with E-state index in [0.29, 0.717) is 0 Å². The molecule has 0 N–H and O–H groups in total. The molecule has 0 aliphatic rings. The zero-order valence-corrected chi connectivity index (χ0v) is 9.99. The van der Waals surface area contributed by atoms with Gasteiger partial charge in [0, 0.05) is 12.9 Å². The number of hydrogen-bond acceptors (Lipinski definition) is 2. The van der Waals surface area contributed by atoms with Gasteiger partial charge in [-0.05, 0) is 13.3 Å². The number of carbonyl (C=O) groups is 1. The topological polar surface area (TPSA) is 48.9 Å². The average Bonchev–Trinajstić information content (AvgIpc) is 2.44. The van der Waals surface area contributed by atoms with Gasteiger partial charge in [-0.2, -0.15) is 0 Å².